The van der Waals surface area contributed by atoms with Gasteiger partial charge in [0.15, 0.2) is 9.84 Å². The van der Waals surface area contributed by atoms with Crippen LogP contribution in [0.5, 0.6) is 0 Å². The van der Waals surface area contributed by atoms with Crippen molar-refractivity contribution in [2.45, 2.75) is 13.0 Å². The number of sulfone groups is 1. The number of aliphatic hydroxyl groups excluding tert-OH is 1. The van der Waals surface area contributed by atoms with Gasteiger partial charge in [-0.2, -0.15) is 0 Å². The van der Waals surface area contributed by atoms with Crippen molar-refractivity contribution in [3.63, 3.8) is 0 Å². The van der Waals surface area contributed by atoms with Crippen LogP contribution in [0.2, 0.25) is 0 Å². The van der Waals surface area contributed by atoms with Crippen LogP contribution < -0.4 is 0 Å². The van der Waals surface area contributed by atoms with Crippen molar-refractivity contribution in [1.29, 1.82) is 0 Å². The Morgan fingerprint density at radius 1 is 1.52 bits per heavy atom. The lowest BCUT2D eigenvalue weighted by molar-refractivity contribution is 0.0712. The van der Waals surface area contributed by atoms with Gasteiger partial charge in [0.25, 0.3) is 5.91 Å². The highest BCUT2D eigenvalue weighted by molar-refractivity contribution is 7.91. The Morgan fingerprint density at radius 3 is 2.95 bits per heavy atom. The van der Waals surface area contributed by atoms with Crippen molar-refractivity contribution in [2.24, 2.45) is 0 Å². The van der Waals surface area contributed by atoms with Gasteiger partial charge >= 0.3 is 0 Å². The highest BCUT2D eigenvalue weighted by atomic mass is 32.2. The fourth-order valence-corrected chi connectivity index (χ4v) is 3.79. The smallest absolute Gasteiger partial charge is 0.255 e. The zero-order valence-electron chi connectivity index (χ0n) is 11.6. The van der Waals surface area contributed by atoms with E-state index in [2.05, 4.69) is 16.8 Å². The van der Waals surface area contributed by atoms with Crippen molar-refractivity contribution in [3.05, 3.63) is 29.6 Å². The number of nitrogens with zero attached hydrogens (tertiary/aromatic N) is 2. The first kappa shape index (κ1) is 15.5. The molecule has 1 aromatic rings. The summed E-state index contributed by atoms with van der Waals surface area (Å²) in [5, 5.41) is 8.67. The zero-order chi connectivity index (χ0) is 15.5. The minimum Gasteiger partial charge on any atom is -0.384 e. The molecule has 0 radical (unpaired) electrons. The second kappa shape index (κ2) is 6.24. The molecule has 1 unspecified atom stereocenters. The largest absolute Gasteiger partial charge is 0.384 e. The third-order valence-electron chi connectivity index (χ3n) is 3.23. The second-order valence-electron chi connectivity index (χ2n) is 4.88. The average Bonchev–Trinajstić information content (AvgIpc) is 2.44. The molecule has 1 aliphatic rings. The van der Waals surface area contributed by atoms with Crippen LogP contribution in [0, 0.1) is 11.8 Å². The van der Waals surface area contributed by atoms with Gasteiger partial charge in [0.1, 0.15) is 6.61 Å². The molecule has 1 aromatic heterocycles. The number of aromatic nitrogens is 1. The lowest BCUT2D eigenvalue weighted by Gasteiger charge is -2.33. The molecule has 0 aromatic carbocycles. The fourth-order valence-electron chi connectivity index (χ4n) is 2.23. The Labute approximate surface area is 123 Å². The van der Waals surface area contributed by atoms with Crippen LogP contribution in [0.15, 0.2) is 18.5 Å². The van der Waals surface area contributed by atoms with E-state index in [1.54, 1.807) is 17.9 Å². The first-order valence-electron chi connectivity index (χ1n) is 6.49. The van der Waals surface area contributed by atoms with Crippen LogP contribution in [0.1, 0.15) is 22.8 Å². The summed E-state index contributed by atoms with van der Waals surface area (Å²) in [4.78, 5) is 17.9. The minimum atomic E-state index is -3.06. The normalized spacial score (nSPS) is 20.5. The van der Waals surface area contributed by atoms with Crippen LogP contribution >= 0.6 is 0 Å². The van der Waals surface area contributed by atoms with E-state index in [9.17, 15) is 13.2 Å². The Balaban J connectivity index is 2.20. The number of rotatable bonds is 1. The van der Waals surface area contributed by atoms with E-state index in [1.807, 2.05) is 0 Å². The van der Waals surface area contributed by atoms with Crippen LogP contribution in [0.4, 0.5) is 0 Å². The fraction of sp³-hybridized carbons (Fsp3) is 0.429. The average molecular weight is 308 g/mol. The Kier molecular flexibility index (Phi) is 4.60. The van der Waals surface area contributed by atoms with E-state index in [-0.39, 0.29) is 36.6 Å². The molecule has 1 fully saturated rings. The predicted molar refractivity (Wildman–Crippen MR) is 77.4 cm³/mol. The Hall–Kier alpha value is -1.91. The number of hydrogen-bond acceptors (Lipinski definition) is 5. The monoisotopic (exact) mass is 308 g/mol. The first-order chi connectivity index (χ1) is 9.93. The molecule has 7 heteroatoms. The number of amides is 1. The lowest BCUT2D eigenvalue weighted by atomic mass is 10.1. The lowest BCUT2D eigenvalue weighted by Crippen LogP contribution is -2.49. The molecule has 0 aliphatic carbocycles. The van der Waals surface area contributed by atoms with Crippen molar-refractivity contribution in [1.82, 2.24) is 9.88 Å². The van der Waals surface area contributed by atoms with E-state index < -0.39 is 9.84 Å². The zero-order valence-corrected chi connectivity index (χ0v) is 12.4. The molecule has 0 bridgehead atoms. The molecule has 2 rings (SSSR count). The topological polar surface area (TPSA) is 87.6 Å². The van der Waals surface area contributed by atoms with Crippen molar-refractivity contribution in [3.8, 4) is 11.8 Å². The summed E-state index contributed by atoms with van der Waals surface area (Å²) in [5.74, 6) is 4.90. The van der Waals surface area contributed by atoms with Gasteiger partial charge in [-0.1, -0.05) is 11.8 Å². The first-order valence-corrected chi connectivity index (χ1v) is 8.31. The molecule has 0 spiro atoms. The molecule has 6 nitrogen and oxygen atoms in total. The van der Waals surface area contributed by atoms with Gasteiger partial charge in [-0.15, -0.1) is 0 Å². The summed E-state index contributed by atoms with van der Waals surface area (Å²) >= 11 is 0. The van der Waals surface area contributed by atoms with Crippen molar-refractivity contribution in [2.75, 3.05) is 24.7 Å². The van der Waals surface area contributed by atoms with Crippen LogP contribution in [0.25, 0.3) is 0 Å². The quantitative estimate of drug-likeness (QED) is 0.719. The van der Waals surface area contributed by atoms with Gasteiger partial charge in [-0.05, 0) is 13.0 Å². The van der Waals surface area contributed by atoms with Gasteiger partial charge in [-0.3, -0.25) is 9.78 Å². The van der Waals surface area contributed by atoms with E-state index in [4.69, 9.17) is 5.11 Å². The molecule has 2 heterocycles. The summed E-state index contributed by atoms with van der Waals surface area (Å²) in [7, 11) is -3.06. The molecule has 1 atom stereocenters. The molecule has 112 valence electrons. The molecule has 1 aliphatic heterocycles. The summed E-state index contributed by atoms with van der Waals surface area (Å²) < 4.78 is 23.1. The third-order valence-corrected chi connectivity index (χ3v) is 5.02. The highest BCUT2D eigenvalue weighted by Crippen LogP contribution is 2.15. The van der Waals surface area contributed by atoms with Crippen molar-refractivity contribution >= 4 is 15.7 Å². The molecule has 0 saturated carbocycles. The summed E-state index contributed by atoms with van der Waals surface area (Å²) in [5.41, 5.74) is 0.901. The van der Waals surface area contributed by atoms with E-state index in [0.29, 0.717) is 11.1 Å². The molecular weight excluding hydrogens is 292 g/mol. The number of pyridine rings is 1. The van der Waals surface area contributed by atoms with Gasteiger partial charge in [0, 0.05) is 30.5 Å². The summed E-state index contributed by atoms with van der Waals surface area (Å²) in [6, 6.07) is 1.23. The van der Waals surface area contributed by atoms with Gasteiger partial charge in [0.2, 0.25) is 0 Å². The standard InChI is InChI=1S/C14H16N2O4S/c1-11-10-21(19,20)6-4-16(11)14(18)13-7-12(3-2-5-17)8-15-9-13/h7-9,11,17H,4-6,10H2,1H3. The number of carbonyl (C=O) groups excluding carboxylic acids is 1. The van der Waals surface area contributed by atoms with Crippen LogP contribution in [-0.2, 0) is 9.84 Å². The molecule has 1 N–H and O–H groups in total. The molecular formula is C14H16N2O4S. The third kappa shape index (κ3) is 3.80. The Morgan fingerprint density at radius 2 is 2.29 bits per heavy atom. The minimum absolute atomic E-state index is 0.0134. The SMILES string of the molecule is CC1CS(=O)(=O)CCN1C(=O)c1cncc(C#CCO)c1. The second-order valence-corrected chi connectivity index (χ2v) is 7.11. The van der Waals surface area contributed by atoms with Gasteiger partial charge in [-0.25, -0.2) is 8.42 Å². The van der Waals surface area contributed by atoms with Crippen molar-refractivity contribution < 1.29 is 18.3 Å². The molecule has 1 amide bonds. The number of carbonyl (C=O) groups is 1. The van der Waals surface area contributed by atoms with E-state index in [0.717, 1.165) is 0 Å². The highest BCUT2D eigenvalue weighted by Gasteiger charge is 2.31. The number of aliphatic hydroxyl groups is 1. The number of hydrogen-bond donors (Lipinski definition) is 1. The van der Waals surface area contributed by atoms with E-state index >= 15 is 0 Å². The van der Waals surface area contributed by atoms with Gasteiger partial charge < -0.3 is 10.0 Å². The Bertz CT molecular complexity index is 703. The molecule has 21 heavy (non-hydrogen) atoms. The molecule has 1 saturated heterocycles. The van der Waals surface area contributed by atoms with Gasteiger partial charge in [0.05, 0.1) is 17.1 Å². The maximum atomic E-state index is 12.4. The van der Waals surface area contributed by atoms with Crippen LogP contribution in [0.3, 0.4) is 0 Å². The summed E-state index contributed by atoms with van der Waals surface area (Å²) in [6.07, 6.45) is 2.94. The predicted octanol–water partition coefficient (Wildman–Crippen LogP) is -0.316. The van der Waals surface area contributed by atoms with E-state index in [1.165, 1.54) is 12.4 Å². The maximum absolute atomic E-state index is 12.4. The van der Waals surface area contributed by atoms with Crippen LogP contribution in [-0.4, -0.2) is 60.0 Å². The summed E-state index contributed by atoms with van der Waals surface area (Å²) in [6.45, 7) is 1.64. The maximum Gasteiger partial charge on any atom is 0.255 e.